The molecule has 14 heavy (non-hydrogen) atoms. The van der Waals surface area contributed by atoms with Gasteiger partial charge in [-0.15, -0.1) is 0 Å². The molecule has 1 heteroatoms. The molecule has 1 N–H and O–H groups in total. The van der Waals surface area contributed by atoms with Gasteiger partial charge < -0.3 is 5.11 Å². The SMILES string of the molecule is CCCC1CC1(O)CCC1CCCC1. The van der Waals surface area contributed by atoms with Gasteiger partial charge in [0.05, 0.1) is 5.60 Å². The highest BCUT2D eigenvalue weighted by Crippen LogP contribution is 2.50. The lowest BCUT2D eigenvalue weighted by atomic mass is 9.97. The smallest absolute Gasteiger partial charge is 0.0680 e. The van der Waals surface area contributed by atoms with Gasteiger partial charge in [0.25, 0.3) is 0 Å². The van der Waals surface area contributed by atoms with Crippen LogP contribution in [0.25, 0.3) is 0 Å². The quantitative estimate of drug-likeness (QED) is 0.713. The fourth-order valence-electron chi connectivity index (χ4n) is 3.15. The first-order valence-electron chi connectivity index (χ1n) is 6.47. The first-order valence-corrected chi connectivity index (χ1v) is 6.47. The maximum atomic E-state index is 10.2. The van der Waals surface area contributed by atoms with Gasteiger partial charge >= 0.3 is 0 Å². The maximum absolute atomic E-state index is 10.2. The Morgan fingerprint density at radius 2 is 1.93 bits per heavy atom. The van der Waals surface area contributed by atoms with E-state index in [2.05, 4.69) is 6.92 Å². The second-order valence-electron chi connectivity index (χ2n) is 5.48. The van der Waals surface area contributed by atoms with E-state index in [0.29, 0.717) is 5.92 Å². The van der Waals surface area contributed by atoms with E-state index in [-0.39, 0.29) is 5.60 Å². The van der Waals surface area contributed by atoms with Gasteiger partial charge in [-0.25, -0.2) is 0 Å². The lowest BCUT2D eigenvalue weighted by molar-refractivity contribution is 0.110. The third-order valence-electron chi connectivity index (χ3n) is 4.30. The van der Waals surface area contributed by atoms with E-state index in [1.165, 1.54) is 44.9 Å². The Labute approximate surface area is 87.9 Å². The Morgan fingerprint density at radius 3 is 2.57 bits per heavy atom. The van der Waals surface area contributed by atoms with E-state index in [9.17, 15) is 5.11 Å². The van der Waals surface area contributed by atoms with Gasteiger partial charge in [0, 0.05) is 0 Å². The van der Waals surface area contributed by atoms with E-state index in [4.69, 9.17) is 0 Å². The summed E-state index contributed by atoms with van der Waals surface area (Å²) in [5, 5.41) is 10.2. The summed E-state index contributed by atoms with van der Waals surface area (Å²) >= 11 is 0. The van der Waals surface area contributed by atoms with Gasteiger partial charge in [-0.2, -0.15) is 0 Å². The molecule has 0 aliphatic heterocycles. The molecule has 0 aromatic carbocycles. The molecule has 1 nitrogen and oxygen atoms in total. The molecule has 0 amide bonds. The van der Waals surface area contributed by atoms with Crippen LogP contribution in [0.4, 0.5) is 0 Å². The molecule has 82 valence electrons. The van der Waals surface area contributed by atoms with Crippen molar-refractivity contribution in [2.24, 2.45) is 11.8 Å². The van der Waals surface area contributed by atoms with Gasteiger partial charge in [-0.1, -0.05) is 39.0 Å². The Balaban J connectivity index is 1.65. The van der Waals surface area contributed by atoms with Gasteiger partial charge in [-0.05, 0) is 37.5 Å². The van der Waals surface area contributed by atoms with Crippen molar-refractivity contribution in [3.63, 3.8) is 0 Å². The van der Waals surface area contributed by atoms with Gasteiger partial charge in [0.1, 0.15) is 0 Å². The van der Waals surface area contributed by atoms with Crippen LogP contribution in [0, 0.1) is 11.8 Å². The minimum absolute atomic E-state index is 0.224. The predicted molar refractivity (Wildman–Crippen MR) is 59.2 cm³/mol. The van der Waals surface area contributed by atoms with Crippen molar-refractivity contribution in [3.05, 3.63) is 0 Å². The minimum Gasteiger partial charge on any atom is -0.390 e. The van der Waals surface area contributed by atoms with Crippen molar-refractivity contribution in [2.45, 2.75) is 70.3 Å². The highest BCUT2D eigenvalue weighted by Gasteiger charge is 2.51. The highest BCUT2D eigenvalue weighted by atomic mass is 16.3. The van der Waals surface area contributed by atoms with Gasteiger partial charge in [0.15, 0.2) is 0 Å². The molecule has 2 rings (SSSR count). The van der Waals surface area contributed by atoms with Crippen molar-refractivity contribution in [3.8, 4) is 0 Å². The summed E-state index contributed by atoms with van der Waals surface area (Å²) in [6, 6.07) is 0. The van der Waals surface area contributed by atoms with Gasteiger partial charge in [0.2, 0.25) is 0 Å². The maximum Gasteiger partial charge on any atom is 0.0680 e. The average Bonchev–Trinajstić information content (AvgIpc) is 2.66. The molecular weight excluding hydrogens is 172 g/mol. The van der Waals surface area contributed by atoms with Crippen LogP contribution in [-0.4, -0.2) is 10.7 Å². The molecule has 2 aliphatic rings. The molecule has 2 saturated carbocycles. The zero-order valence-corrected chi connectivity index (χ0v) is 9.47. The van der Waals surface area contributed by atoms with Crippen molar-refractivity contribution >= 4 is 0 Å². The predicted octanol–water partition coefficient (Wildman–Crippen LogP) is 3.51. The van der Waals surface area contributed by atoms with E-state index < -0.39 is 0 Å². The van der Waals surface area contributed by atoms with Crippen LogP contribution in [0.5, 0.6) is 0 Å². The van der Waals surface area contributed by atoms with Crippen LogP contribution < -0.4 is 0 Å². The fourth-order valence-corrected chi connectivity index (χ4v) is 3.15. The highest BCUT2D eigenvalue weighted by molar-refractivity contribution is 5.02. The van der Waals surface area contributed by atoms with Crippen LogP contribution in [0.2, 0.25) is 0 Å². The third kappa shape index (κ3) is 2.31. The zero-order chi connectivity index (χ0) is 10.0. The summed E-state index contributed by atoms with van der Waals surface area (Å²) < 4.78 is 0. The standard InChI is InChI=1S/C13H24O/c1-2-5-12-10-13(12,14)9-8-11-6-3-4-7-11/h11-12,14H,2-10H2,1H3. The number of rotatable bonds is 5. The van der Waals surface area contributed by atoms with Crippen molar-refractivity contribution in [2.75, 3.05) is 0 Å². The number of hydrogen-bond acceptors (Lipinski definition) is 1. The fraction of sp³-hybridized carbons (Fsp3) is 1.00. The summed E-state index contributed by atoms with van der Waals surface area (Å²) in [4.78, 5) is 0. The van der Waals surface area contributed by atoms with Crippen LogP contribution in [0.15, 0.2) is 0 Å². The molecular formula is C13H24O. The Morgan fingerprint density at radius 1 is 1.21 bits per heavy atom. The van der Waals surface area contributed by atoms with Crippen LogP contribution >= 0.6 is 0 Å². The van der Waals surface area contributed by atoms with E-state index >= 15 is 0 Å². The Bertz CT molecular complexity index is 184. The molecule has 2 aliphatic carbocycles. The normalized spacial score (nSPS) is 37.7. The number of hydrogen-bond donors (Lipinski definition) is 1. The second kappa shape index (κ2) is 4.22. The molecule has 0 aromatic heterocycles. The summed E-state index contributed by atoms with van der Waals surface area (Å²) in [5.74, 6) is 1.59. The summed E-state index contributed by atoms with van der Waals surface area (Å²) in [5.41, 5.74) is -0.224. The van der Waals surface area contributed by atoms with Crippen LogP contribution in [0.3, 0.4) is 0 Å². The monoisotopic (exact) mass is 196 g/mol. The van der Waals surface area contributed by atoms with Crippen LogP contribution in [-0.2, 0) is 0 Å². The molecule has 0 bridgehead atoms. The first-order chi connectivity index (χ1) is 6.74. The Kier molecular flexibility index (Phi) is 3.16. The van der Waals surface area contributed by atoms with E-state index in [1.54, 1.807) is 0 Å². The first kappa shape index (κ1) is 10.5. The topological polar surface area (TPSA) is 20.2 Å². The lowest BCUT2D eigenvalue weighted by Gasteiger charge is -2.13. The van der Waals surface area contributed by atoms with E-state index in [1.807, 2.05) is 0 Å². The summed E-state index contributed by atoms with van der Waals surface area (Å²) in [6.45, 7) is 2.22. The van der Waals surface area contributed by atoms with Crippen molar-refractivity contribution < 1.29 is 5.11 Å². The molecule has 0 aromatic rings. The van der Waals surface area contributed by atoms with Gasteiger partial charge in [-0.3, -0.25) is 0 Å². The zero-order valence-electron chi connectivity index (χ0n) is 9.47. The van der Waals surface area contributed by atoms with Crippen LogP contribution in [0.1, 0.15) is 64.7 Å². The third-order valence-corrected chi connectivity index (χ3v) is 4.30. The average molecular weight is 196 g/mol. The lowest BCUT2D eigenvalue weighted by Crippen LogP contribution is -2.12. The molecule has 2 unspecified atom stereocenters. The molecule has 0 spiro atoms. The summed E-state index contributed by atoms with van der Waals surface area (Å²) in [6.07, 6.45) is 11.6. The van der Waals surface area contributed by atoms with Crippen molar-refractivity contribution in [1.29, 1.82) is 0 Å². The molecule has 0 saturated heterocycles. The summed E-state index contributed by atoms with van der Waals surface area (Å²) in [7, 11) is 0. The van der Waals surface area contributed by atoms with Crippen molar-refractivity contribution in [1.82, 2.24) is 0 Å². The second-order valence-corrected chi connectivity index (χ2v) is 5.48. The Hall–Kier alpha value is -0.0400. The van der Waals surface area contributed by atoms with E-state index in [0.717, 1.165) is 18.8 Å². The number of aliphatic hydroxyl groups is 1. The largest absolute Gasteiger partial charge is 0.390 e. The molecule has 0 heterocycles. The molecule has 2 fully saturated rings. The minimum atomic E-state index is -0.224. The molecule has 0 radical (unpaired) electrons. The molecule has 2 atom stereocenters.